The maximum Gasteiger partial charge on any atom is 0.129 e. The Morgan fingerprint density at radius 2 is 0.833 bits per heavy atom. The highest BCUT2D eigenvalue weighted by atomic mass is 16.3. The zero-order chi connectivity index (χ0) is 14.1. The SMILES string of the molecule is CC[N+](CC)(CCO)CC[N+](CC)(CC)CCO. The van der Waals surface area contributed by atoms with E-state index in [0.717, 1.165) is 61.3 Å². The number of hydrogen-bond acceptors (Lipinski definition) is 2. The number of hydrogen-bond donors (Lipinski definition) is 2. The van der Waals surface area contributed by atoms with Gasteiger partial charge in [0.25, 0.3) is 0 Å². The first kappa shape index (κ1) is 17.8. The Morgan fingerprint density at radius 3 is 1.00 bits per heavy atom. The Hall–Kier alpha value is -0.160. The van der Waals surface area contributed by atoms with Crippen molar-refractivity contribution in [3.8, 4) is 0 Å². The van der Waals surface area contributed by atoms with Gasteiger partial charge in [-0.3, -0.25) is 0 Å². The Labute approximate surface area is 113 Å². The van der Waals surface area contributed by atoms with E-state index < -0.39 is 0 Å². The Balaban J connectivity index is 4.64. The summed E-state index contributed by atoms with van der Waals surface area (Å²) in [6.07, 6.45) is 0. The molecule has 0 saturated heterocycles. The average molecular weight is 262 g/mol. The molecule has 2 N–H and O–H groups in total. The number of quaternary nitrogens is 2. The zero-order valence-electron chi connectivity index (χ0n) is 12.9. The molecule has 0 amide bonds. The molecule has 0 spiro atoms. The standard InChI is InChI=1S/C14H34N2O2/c1-5-15(6-2,11-13-17)9-10-16(7-3,8-4)12-14-18/h17-18H,5-14H2,1-4H3/q+2. The van der Waals surface area contributed by atoms with Crippen LogP contribution in [0, 0.1) is 0 Å². The summed E-state index contributed by atoms with van der Waals surface area (Å²) >= 11 is 0. The van der Waals surface area contributed by atoms with Crippen LogP contribution in [-0.2, 0) is 0 Å². The summed E-state index contributed by atoms with van der Waals surface area (Å²) in [5.74, 6) is 0. The van der Waals surface area contributed by atoms with Gasteiger partial charge in [0.15, 0.2) is 0 Å². The molecular weight excluding hydrogens is 228 g/mol. The summed E-state index contributed by atoms with van der Waals surface area (Å²) in [7, 11) is 0. The fourth-order valence-corrected chi connectivity index (χ4v) is 2.78. The van der Waals surface area contributed by atoms with Gasteiger partial charge in [0.05, 0.1) is 39.4 Å². The van der Waals surface area contributed by atoms with Crippen LogP contribution in [0.2, 0.25) is 0 Å². The molecule has 0 saturated carbocycles. The third-order valence-electron chi connectivity index (χ3n) is 4.88. The quantitative estimate of drug-likeness (QED) is 0.538. The maximum atomic E-state index is 9.25. The van der Waals surface area contributed by atoms with Crippen molar-refractivity contribution in [2.24, 2.45) is 0 Å². The van der Waals surface area contributed by atoms with E-state index in [1.54, 1.807) is 0 Å². The smallest absolute Gasteiger partial charge is 0.129 e. The van der Waals surface area contributed by atoms with Gasteiger partial charge < -0.3 is 19.2 Å². The molecule has 0 unspecified atom stereocenters. The molecule has 0 aromatic rings. The molecule has 18 heavy (non-hydrogen) atoms. The maximum absolute atomic E-state index is 9.25. The summed E-state index contributed by atoms with van der Waals surface area (Å²) < 4.78 is 1.98. The molecule has 0 aliphatic heterocycles. The van der Waals surface area contributed by atoms with Crippen molar-refractivity contribution in [1.82, 2.24) is 0 Å². The molecule has 0 heterocycles. The van der Waals surface area contributed by atoms with Crippen molar-refractivity contribution in [2.45, 2.75) is 27.7 Å². The van der Waals surface area contributed by atoms with E-state index in [1.807, 2.05) is 0 Å². The van der Waals surface area contributed by atoms with E-state index >= 15 is 0 Å². The number of aliphatic hydroxyl groups is 2. The fraction of sp³-hybridized carbons (Fsp3) is 1.00. The summed E-state index contributed by atoms with van der Waals surface area (Å²) in [5, 5.41) is 18.5. The Kier molecular flexibility index (Phi) is 8.78. The molecule has 4 nitrogen and oxygen atoms in total. The van der Waals surface area contributed by atoms with Crippen molar-refractivity contribution < 1.29 is 19.2 Å². The van der Waals surface area contributed by atoms with Crippen molar-refractivity contribution in [2.75, 3.05) is 65.6 Å². The lowest BCUT2D eigenvalue weighted by Gasteiger charge is -2.42. The van der Waals surface area contributed by atoms with Crippen LogP contribution < -0.4 is 0 Å². The minimum absolute atomic E-state index is 0.264. The fourth-order valence-electron chi connectivity index (χ4n) is 2.78. The second-order valence-corrected chi connectivity index (χ2v) is 5.29. The lowest BCUT2D eigenvalue weighted by Crippen LogP contribution is -2.59. The van der Waals surface area contributed by atoms with Gasteiger partial charge in [-0.25, -0.2) is 0 Å². The number of likely N-dealkylation sites (N-methyl/N-ethyl adjacent to an activating group) is 2. The molecule has 0 aliphatic carbocycles. The van der Waals surface area contributed by atoms with Crippen LogP contribution in [-0.4, -0.2) is 84.8 Å². The molecule has 0 aromatic carbocycles. The van der Waals surface area contributed by atoms with Crippen LogP contribution in [0.4, 0.5) is 0 Å². The lowest BCUT2D eigenvalue weighted by molar-refractivity contribution is -0.978. The van der Waals surface area contributed by atoms with Crippen molar-refractivity contribution in [3.05, 3.63) is 0 Å². The number of rotatable bonds is 11. The summed E-state index contributed by atoms with van der Waals surface area (Å²) in [6.45, 7) is 17.5. The highest BCUT2D eigenvalue weighted by Gasteiger charge is 2.30. The predicted molar refractivity (Wildman–Crippen MR) is 76.3 cm³/mol. The Bertz CT molecular complexity index is 180. The molecule has 0 fully saturated rings. The van der Waals surface area contributed by atoms with Crippen LogP contribution in [0.1, 0.15) is 27.7 Å². The summed E-state index contributed by atoms with van der Waals surface area (Å²) in [4.78, 5) is 0. The topological polar surface area (TPSA) is 40.5 Å². The molecule has 110 valence electrons. The largest absolute Gasteiger partial charge is 0.391 e. The van der Waals surface area contributed by atoms with E-state index in [0.29, 0.717) is 0 Å². The van der Waals surface area contributed by atoms with E-state index in [2.05, 4.69) is 27.7 Å². The van der Waals surface area contributed by atoms with Crippen molar-refractivity contribution in [3.63, 3.8) is 0 Å². The minimum atomic E-state index is 0.264. The second-order valence-electron chi connectivity index (χ2n) is 5.29. The lowest BCUT2D eigenvalue weighted by atomic mass is 10.2. The van der Waals surface area contributed by atoms with Gasteiger partial charge in [0, 0.05) is 0 Å². The zero-order valence-corrected chi connectivity index (χ0v) is 12.9. The molecule has 0 rings (SSSR count). The van der Waals surface area contributed by atoms with Crippen LogP contribution >= 0.6 is 0 Å². The molecular formula is C14H34N2O2+2. The molecule has 0 aliphatic rings. The molecule has 0 atom stereocenters. The highest BCUT2D eigenvalue weighted by molar-refractivity contribution is 4.45. The van der Waals surface area contributed by atoms with Crippen LogP contribution in [0.3, 0.4) is 0 Å². The van der Waals surface area contributed by atoms with Crippen LogP contribution in [0.5, 0.6) is 0 Å². The third-order valence-corrected chi connectivity index (χ3v) is 4.88. The van der Waals surface area contributed by atoms with E-state index in [1.165, 1.54) is 0 Å². The van der Waals surface area contributed by atoms with Gasteiger partial charge in [0.1, 0.15) is 26.2 Å². The monoisotopic (exact) mass is 262 g/mol. The van der Waals surface area contributed by atoms with Crippen LogP contribution in [0.15, 0.2) is 0 Å². The van der Waals surface area contributed by atoms with Crippen molar-refractivity contribution in [1.29, 1.82) is 0 Å². The average Bonchev–Trinajstić information content (AvgIpc) is 2.42. The summed E-state index contributed by atoms with van der Waals surface area (Å²) in [6, 6.07) is 0. The molecule has 0 bridgehead atoms. The molecule has 0 radical (unpaired) electrons. The van der Waals surface area contributed by atoms with Crippen molar-refractivity contribution >= 4 is 0 Å². The molecule has 4 heteroatoms. The predicted octanol–water partition coefficient (Wildman–Crippen LogP) is 0.684. The van der Waals surface area contributed by atoms with E-state index in [4.69, 9.17) is 0 Å². The van der Waals surface area contributed by atoms with Gasteiger partial charge in [-0.05, 0) is 27.7 Å². The first-order valence-electron chi connectivity index (χ1n) is 7.49. The van der Waals surface area contributed by atoms with Gasteiger partial charge >= 0.3 is 0 Å². The normalized spacial score (nSPS) is 13.0. The first-order chi connectivity index (χ1) is 8.57. The second kappa shape index (κ2) is 8.86. The third kappa shape index (κ3) is 4.84. The first-order valence-corrected chi connectivity index (χ1v) is 7.49. The van der Waals surface area contributed by atoms with E-state index in [-0.39, 0.29) is 13.2 Å². The van der Waals surface area contributed by atoms with Gasteiger partial charge in [-0.1, -0.05) is 0 Å². The highest BCUT2D eigenvalue weighted by Crippen LogP contribution is 2.11. The Morgan fingerprint density at radius 1 is 0.556 bits per heavy atom. The molecule has 0 aromatic heterocycles. The number of nitrogens with zero attached hydrogens (tertiary/aromatic N) is 2. The van der Waals surface area contributed by atoms with Gasteiger partial charge in [-0.15, -0.1) is 0 Å². The van der Waals surface area contributed by atoms with Gasteiger partial charge in [-0.2, -0.15) is 0 Å². The number of aliphatic hydroxyl groups excluding tert-OH is 2. The van der Waals surface area contributed by atoms with Crippen LogP contribution in [0.25, 0.3) is 0 Å². The minimum Gasteiger partial charge on any atom is -0.391 e. The van der Waals surface area contributed by atoms with Gasteiger partial charge in [0.2, 0.25) is 0 Å². The van der Waals surface area contributed by atoms with E-state index in [9.17, 15) is 10.2 Å². The summed E-state index contributed by atoms with van der Waals surface area (Å²) in [5.41, 5.74) is 0.